The van der Waals surface area contributed by atoms with Crippen molar-refractivity contribution in [3.8, 4) is 5.75 Å². The Labute approximate surface area is 225 Å². The maximum Gasteiger partial charge on any atom is 0.472 e. The molecule has 214 valence electrons. The van der Waals surface area contributed by atoms with Gasteiger partial charge in [-0.1, -0.05) is 77.3 Å². The third kappa shape index (κ3) is 18.6. The van der Waals surface area contributed by atoms with Crippen molar-refractivity contribution in [2.24, 2.45) is 5.92 Å². The fraction of sp³-hybridized carbons (Fsp3) is 0.759. The molecule has 0 aliphatic carbocycles. The molecule has 2 unspecified atom stereocenters. The molecule has 37 heavy (non-hydrogen) atoms. The number of aryl methyl sites for hydroxylation is 1. The maximum absolute atomic E-state index is 12.2. The highest BCUT2D eigenvalue weighted by atomic mass is 31.2. The van der Waals surface area contributed by atoms with E-state index in [-0.39, 0.29) is 24.9 Å². The summed E-state index contributed by atoms with van der Waals surface area (Å²) in [6.07, 6.45) is 14.7. The summed E-state index contributed by atoms with van der Waals surface area (Å²) < 4.78 is 28.2. The van der Waals surface area contributed by atoms with Crippen LogP contribution in [0.1, 0.15) is 103 Å². The molecule has 0 bridgehead atoms. The number of hydrogen-bond donors (Lipinski definition) is 2. The molecule has 0 saturated carbocycles. The SMILES string of the molecule is CCCCCCCCCCCOc1ccc(CCC(COP(=O)(O)OCCNC)CC(=O)CCC)cc1. The normalized spacial score (nSPS) is 13.8. The van der Waals surface area contributed by atoms with E-state index in [1.54, 1.807) is 7.05 Å². The van der Waals surface area contributed by atoms with Crippen molar-refractivity contribution >= 4 is 13.6 Å². The van der Waals surface area contributed by atoms with Gasteiger partial charge < -0.3 is 14.9 Å². The minimum atomic E-state index is -4.13. The van der Waals surface area contributed by atoms with Crippen LogP contribution in [0.25, 0.3) is 0 Å². The first kappa shape index (κ1) is 33.8. The zero-order chi connectivity index (χ0) is 27.2. The molecule has 1 rings (SSSR count). The van der Waals surface area contributed by atoms with Gasteiger partial charge >= 0.3 is 7.82 Å². The Bertz CT molecular complexity index is 742. The van der Waals surface area contributed by atoms with E-state index in [1.165, 1.54) is 51.4 Å². The lowest BCUT2D eigenvalue weighted by Crippen LogP contribution is -2.17. The number of unbranched alkanes of at least 4 members (excludes halogenated alkanes) is 8. The molecule has 7 nitrogen and oxygen atoms in total. The van der Waals surface area contributed by atoms with Gasteiger partial charge in [-0.15, -0.1) is 0 Å². The predicted octanol–water partition coefficient (Wildman–Crippen LogP) is 7.26. The van der Waals surface area contributed by atoms with E-state index in [1.807, 2.05) is 19.1 Å². The molecule has 1 aromatic carbocycles. The number of nitrogens with one attached hydrogen (secondary N) is 1. The molecule has 0 amide bonds. The molecule has 0 radical (unpaired) electrons. The van der Waals surface area contributed by atoms with E-state index in [0.717, 1.165) is 37.2 Å². The number of ether oxygens (including phenoxy) is 1. The average Bonchev–Trinajstić information content (AvgIpc) is 2.88. The number of phosphoric acid groups is 1. The van der Waals surface area contributed by atoms with Gasteiger partial charge in [0, 0.05) is 19.4 Å². The van der Waals surface area contributed by atoms with Crippen LogP contribution < -0.4 is 10.1 Å². The standard InChI is InChI=1S/C29H52NO6P/c1-4-6-7-8-9-10-11-12-13-22-34-29-19-17-26(18-20-29)15-16-27(24-28(31)14-5-2)25-36-37(32,33)35-23-21-30-3/h17-20,27,30H,4-16,21-25H2,1-3H3,(H,32,33). The molecule has 1 aromatic rings. The molecule has 0 aliphatic rings. The van der Waals surface area contributed by atoms with Crippen LogP contribution in [0.3, 0.4) is 0 Å². The van der Waals surface area contributed by atoms with Crippen LogP contribution in [0.5, 0.6) is 5.75 Å². The van der Waals surface area contributed by atoms with Gasteiger partial charge in [0.2, 0.25) is 0 Å². The molecule has 8 heteroatoms. The number of phosphoric ester groups is 1. The van der Waals surface area contributed by atoms with E-state index in [2.05, 4.69) is 24.4 Å². The summed E-state index contributed by atoms with van der Waals surface area (Å²) in [7, 11) is -2.40. The monoisotopic (exact) mass is 541 g/mol. The number of ketones is 1. The molecule has 2 N–H and O–H groups in total. The molecule has 0 aromatic heterocycles. The van der Waals surface area contributed by atoms with Crippen molar-refractivity contribution < 1.29 is 28.0 Å². The second-order valence-electron chi connectivity index (χ2n) is 9.92. The molecule has 0 saturated heterocycles. The Morgan fingerprint density at radius 2 is 1.57 bits per heavy atom. The summed E-state index contributed by atoms with van der Waals surface area (Å²) in [6, 6.07) is 8.09. The molecule has 0 heterocycles. The van der Waals surface area contributed by atoms with Gasteiger partial charge in [-0.05, 0) is 56.3 Å². The second kappa shape index (κ2) is 21.7. The van der Waals surface area contributed by atoms with Crippen LogP contribution in [-0.2, 0) is 24.8 Å². The van der Waals surface area contributed by atoms with Crippen LogP contribution in [-0.4, -0.2) is 44.1 Å². The minimum absolute atomic E-state index is 0.0166. The van der Waals surface area contributed by atoms with Crippen molar-refractivity contribution in [3.63, 3.8) is 0 Å². The third-order valence-corrected chi connectivity index (χ3v) is 7.39. The fourth-order valence-corrected chi connectivity index (χ4v) is 4.97. The second-order valence-corrected chi connectivity index (χ2v) is 11.4. The van der Waals surface area contributed by atoms with Crippen molar-refractivity contribution in [3.05, 3.63) is 29.8 Å². The molecular weight excluding hydrogens is 489 g/mol. The lowest BCUT2D eigenvalue weighted by atomic mass is 9.94. The number of rotatable bonds is 25. The van der Waals surface area contributed by atoms with Crippen molar-refractivity contribution in [1.82, 2.24) is 5.32 Å². The van der Waals surface area contributed by atoms with Gasteiger partial charge in [0.05, 0.1) is 19.8 Å². The quantitative estimate of drug-likeness (QED) is 0.0994. The van der Waals surface area contributed by atoms with Gasteiger partial charge in [0.1, 0.15) is 11.5 Å². The van der Waals surface area contributed by atoms with Crippen LogP contribution in [0.15, 0.2) is 24.3 Å². The molecule has 0 fully saturated rings. The van der Waals surface area contributed by atoms with E-state index < -0.39 is 7.82 Å². The molecule has 2 atom stereocenters. The van der Waals surface area contributed by atoms with E-state index >= 15 is 0 Å². The number of carbonyl (C=O) groups is 1. The Balaban J connectivity index is 2.38. The number of Topliss-reactive ketones (excluding diaryl/α,β-unsaturated/α-hetero) is 1. The fourth-order valence-electron chi connectivity index (χ4n) is 4.17. The Morgan fingerprint density at radius 3 is 2.19 bits per heavy atom. The summed E-state index contributed by atoms with van der Waals surface area (Å²) in [4.78, 5) is 22.1. The molecule has 0 aliphatic heterocycles. The van der Waals surface area contributed by atoms with Crippen LogP contribution >= 0.6 is 7.82 Å². The van der Waals surface area contributed by atoms with Gasteiger partial charge in [-0.3, -0.25) is 13.8 Å². The molecule has 0 spiro atoms. The summed E-state index contributed by atoms with van der Waals surface area (Å²) >= 11 is 0. The van der Waals surface area contributed by atoms with Crippen LogP contribution in [0.2, 0.25) is 0 Å². The van der Waals surface area contributed by atoms with Crippen molar-refractivity contribution in [1.29, 1.82) is 0 Å². The Morgan fingerprint density at radius 1 is 0.919 bits per heavy atom. The third-order valence-electron chi connectivity index (χ3n) is 6.41. The van der Waals surface area contributed by atoms with Crippen molar-refractivity contribution in [2.75, 3.05) is 33.4 Å². The summed E-state index contributed by atoms with van der Waals surface area (Å²) in [6.45, 7) is 5.51. The topological polar surface area (TPSA) is 94.1 Å². The first-order valence-corrected chi connectivity index (χ1v) is 15.9. The van der Waals surface area contributed by atoms with E-state index in [0.29, 0.717) is 25.8 Å². The lowest BCUT2D eigenvalue weighted by molar-refractivity contribution is -0.120. The summed E-state index contributed by atoms with van der Waals surface area (Å²) in [5.74, 6) is 0.886. The van der Waals surface area contributed by atoms with Gasteiger partial charge in [-0.2, -0.15) is 0 Å². The highest BCUT2D eigenvalue weighted by Crippen LogP contribution is 2.43. The summed E-state index contributed by atoms with van der Waals surface area (Å²) in [5.41, 5.74) is 1.14. The Kier molecular flexibility index (Phi) is 19.8. The zero-order valence-corrected chi connectivity index (χ0v) is 24.4. The zero-order valence-electron chi connectivity index (χ0n) is 23.6. The smallest absolute Gasteiger partial charge is 0.472 e. The molecular formula is C29H52NO6P. The number of benzene rings is 1. The van der Waals surface area contributed by atoms with Crippen LogP contribution in [0, 0.1) is 5.92 Å². The van der Waals surface area contributed by atoms with E-state index in [9.17, 15) is 14.3 Å². The minimum Gasteiger partial charge on any atom is -0.494 e. The maximum atomic E-state index is 12.2. The van der Waals surface area contributed by atoms with Crippen LogP contribution in [0.4, 0.5) is 0 Å². The first-order valence-electron chi connectivity index (χ1n) is 14.4. The number of hydrogen-bond acceptors (Lipinski definition) is 6. The highest BCUT2D eigenvalue weighted by molar-refractivity contribution is 7.47. The predicted molar refractivity (Wildman–Crippen MR) is 151 cm³/mol. The largest absolute Gasteiger partial charge is 0.494 e. The van der Waals surface area contributed by atoms with Gasteiger partial charge in [0.15, 0.2) is 0 Å². The van der Waals surface area contributed by atoms with Crippen molar-refractivity contribution in [2.45, 2.75) is 104 Å². The van der Waals surface area contributed by atoms with Gasteiger partial charge in [0.25, 0.3) is 0 Å². The lowest BCUT2D eigenvalue weighted by Gasteiger charge is -2.19. The van der Waals surface area contributed by atoms with Gasteiger partial charge in [-0.25, -0.2) is 4.57 Å². The number of likely N-dealkylation sites (N-methyl/N-ethyl adjacent to an activating group) is 1. The Hall–Kier alpha value is -1.24. The number of carbonyl (C=O) groups excluding carboxylic acids is 1. The highest BCUT2D eigenvalue weighted by Gasteiger charge is 2.24. The van der Waals surface area contributed by atoms with E-state index in [4.69, 9.17) is 13.8 Å². The average molecular weight is 542 g/mol. The first-order chi connectivity index (χ1) is 17.9. The summed E-state index contributed by atoms with van der Waals surface area (Å²) in [5, 5.41) is 2.85.